The van der Waals surface area contributed by atoms with Gasteiger partial charge < -0.3 is 20.1 Å². The number of aromatic hydroxyl groups is 1. The Balaban J connectivity index is 1.83. The fraction of sp³-hybridized carbons (Fsp3) is 0.238. The van der Waals surface area contributed by atoms with E-state index in [0.29, 0.717) is 18.7 Å². The van der Waals surface area contributed by atoms with Crippen LogP contribution in [0.25, 0.3) is 22.0 Å². The molecule has 0 bridgehead atoms. The maximum Gasteiger partial charge on any atom is 0.341 e. The van der Waals surface area contributed by atoms with Crippen molar-refractivity contribution >= 4 is 16.9 Å². The van der Waals surface area contributed by atoms with Crippen molar-refractivity contribution in [2.45, 2.75) is 31.7 Å². The van der Waals surface area contributed by atoms with Crippen LogP contribution >= 0.6 is 0 Å². The third-order valence-corrected chi connectivity index (χ3v) is 5.64. The van der Waals surface area contributed by atoms with Crippen LogP contribution in [0.3, 0.4) is 0 Å². The molecule has 1 aromatic heterocycles. The molecule has 6 nitrogen and oxygen atoms in total. The first-order valence-electron chi connectivity index (χ1n) is 9.17. The maximum absolute atomic E-state index is 15.0. The summed E-state index contributed by atoms with van der Waals surface area (Å²) >= 11 is 0. The van der Waals surface area contributed by atoms with Gasteiger partial charge in [0.15, 0.2) is 5.75 Å². The van der Waals surface area contributed by atoms with E-state index in [1.807, 2.05) is 6.07 Å². The Morgan fingerprint density at radius 2 is 1.93 bits per heavy atom. The van der Waals surface area contributed by atoms with E-state index in [4.69, 9.17) is 0 Å². The maximum atomic E-state index is 15.0. The van der Waals surface area contributed by atoms with E-state index >= 15 is 4.39 Å². The monoisotopic (exact) mass is 398 g/mol. The number of carboxylic acids is 1. The van der Waals surface area contributed by atoms with Crippen LogP contribution in [0.5, 0.6) is 5.75 Å². The number of aromatic nitrogens is 1. The van der Waals surface area contributed by atoms with Crippen molar-refractivity contribution < 1.29 is 23.8 Å². The van der Waals surface area contributed by atoms with E-state index in [0.717, 1.165) is 23.4 Å². The highest BCUT2D eigenvalue weighted by molar-refractivity contribution is 5.97. The summed E-state index contributed by atoms with van der Waals surface area (Å²) in [6.07, 6.45) is -0.0554. The minimum absolute atomic E-state index is 0.0554. The first kappa shape index (κ1) is 17.8. The number of hydrogen-bond donors (Lipinski definition) is 3. The second kappa shape index (κ2) is 6.12. The van der Waals surface area contributed by atoms with Crippen LogP contribution < -0.4 is 10.7 Å². The SMILES string of the molecule is O=C(O)c1cn([C@@H]2C[C@@H]2F)c2c(O)c(-c3ccc4c(c3)CNC4)c(F)cc2c1=O. The molecule has 5 rings (SSSR count). The predicted octanol–water partition coefficient (Wildman–Crippen LogP) is 3.10. The van der Waals surface area contributed by atoms with Crippen molar-refractivity contribution in [3.63, 3.8) is 0 Å². The summed E-state index contributed by atoms with van der Waals surface area (Å²) in [5, 5.41) is 23.2. The average molecular weight is 398 g/mol. The van der Waals surface area contributed by atoms with Crippen LogP contribution in [0, 0.1) is 5.82 Å². The lowest BCUT2D eigenvalue weighted by atomic mass is 9.97. The van der Waals surface area contributed by atoms with Gasteiger partial charge in [0.05, 0.1) is 22.5 Å². The van der Waals surface area contributed by atoms with Crippen molar-refractivity contribution in [2.24, 2.45) is 0 Å². The Morgan fingerprint density at radius 3 is 2.62 bits per heavy atom. The fourth-order valence-electron chi connectivity index (χ4n) is 4.05. The summed E-state index contributed by atoms with van der Waals surface area (Å²) in [6, 6.07) is 5.51. The zero-order valence-corrected chi connectivity index (χ0v) is 15.1. The molecular formula is C21H16F2N2O4. The Labute approximate surface area is 163 Å². The zero-order chi connectivity index (χ0) is 20.4. The van der Waals surface area contributed by atoms with Crippen LogP contribution in [0.4, 0.5) is 8.78 Å². The highest BCUT2D eigenvalue weighted by atomic mass is 19.1. The number of fused-ring (bicyclic) bond motifs is 2. The number of alkyl halides is 1. The van der Waals surface area contributed by atoms with Crippen LogP contribution in [0.2, 0.25) is 0 Å². The predicted molar refractivity (Wildman–Crippen MR) is 101 cm³/mol. The Bertz CT molecular complexity index is 1270. The third-order valence-electron chi connectivity index (χ3n) is 5.64. The van der Waals surface area contributed by atoms with Gasteiger partial charge in [-0.15, -0.1) is 0 Å². The molecule has 2 atom stereocenters. The highest BCUT2D eigenvalue weighted by Crippen LogP contribution is 2.45. The van der Waals surface area contributed by atoms with Crippen molar-refractivity contribution in [2.75, 3.05) is 0 Å². The summed E-state index contributed by atoms with van der Waals surface area (Å²) in [5.74, 6) is -2.84. The number of benzene rings is 2. The molecule has 0 amide bonds. The van der Waals surface area contributed by atoms with E-state index in [9.17, 15) is 24.2 Å². The molecule has 29 heavy (non-hydrogen) atoms. The van der Waals surface area contributed by atoms with Gasteiger partial charge in [-0.2, -0.15) is 0 Å². The topological polar surface area (TPSA) is 91.6 Å². The molecule has 2 aromatic carbocycles. The van der Waals surface area contributed by atoms with Gasteiger partial charge in [0.2, 0.25) is 5.43 Å². The number of carboxylic acid groups (broad SMARTS) is 1. The summed E-state index contributed by atoms with van der Waals surface area (Å²) in [6.45, 7) is 1.33. The molecule has 0 unspecified atom stereocenters. The Kier molecular flexibility index (Phi) is 3.76. The van der Waals surface area contributed by atoms with Crippen LogP contribution in [0.1, 0.15) is 33.9 Å². The first-order valence-corrected chi connectivity index (χ1v) is 9.17. The fourth-order valence-corrected chi connectivity index (χ4v) is 4.05. The molecule has 8 heteroatoms. The van der Waals surface area contributed by atoms with Crippen LogP contribution in [0.15, 0.2) is 35.3 Å². The number of carbonyl (C=O) groups is 1. The molecule has 0 radical (unpaired) electrons. The number of aromatic carboxylic acids is 1. The summed E-state index contributed by atoms with van der Waals surface area (Å²) in [5.41, 5.74) is 0.824. The molecule has 2 aliphatic rings. The van der Waals surface area contributed by atoms with E-state index in [-0.39, 0.29) is 22.9 Å². The van der Waals surface area contributed by atoms with Crippen LogP contribution in [-0.4, -0.2) is 26.9 Å². The van der Waals surface area contributed by atoms with Crippen molar-refractivity contribution in [3.05, 3.63) is 63.2 Å². The van der Waals surface area contributed by atoms with Gasteiger partial charge in [0.25, 0.3) is 0 Å². The van der Waals surface area contributed by atoms with Gasteiger partial charge in [-0.1, -0.05) is 12.1 Å². The number of hydrogen-bond acceptors (Lipinski definition) is 4. The number of halogens is 2. The number of nitrogens with zero attached hydrogens (tertiary/aromatic N) is 1. The lowest BCUT2D eigenvalue weighted by Crippen LogP contribution is -2.19. The molecule has 2 heterocycles. The van der Waals surface area contributed by atoms with E-state index in [1.165, 1.54) is 4.57 Å². The van der Waals surface area contributed by atoms with Gasteiger partial charge >= 0.3 is 5.97 Å². The first-order chi connectivity index (χ1) is 13.9. The molecule has 0 spiro atoms. The van der Waals surface area contributed by atoms with Crippen molar-refractivity contribution in [1.29, 1.82) is 0 Å². The second-order valence-electron chi connectivity index (χ2n) is 7.47. The standard InChI is InChI=1S/C21H16F2N2O4/c22-14-5-16(14)25-8-13(21(28)29)19(26)12-4-15(23)17(20(27)18(12)25)9-1-2-10-6-24-7-11(10)3-9/h1-4,8,14,16,24,27H,5-7H2,(H,28,29)/t14-,16+/m0/s1. The molecule has 0 saturated heterocycles. The number of rotatable bonds is 3. The zero-order valence-electron chi connectivity index (χ0n) is 15.1. The quantitative estimate of drug-likeness (QED) is 0.631. The second-order valence-corrected chi connectivity index (χ2v) is 7.47. The molecular weight excluding hydrogens is 382 g/mol. The number of pyridine rings is 1. The molecule has 1 aliphatic heterocycles. The molecule has 1 fully saturated rings. The van der Waals surface area contributed by atoms with Crippen molar-refractivity contribution in [3.8, 4) is 16.9 Å². The Hall–Kier alpha value is -3.26. The average Bonchev–Trinajstić information content (AvgIpc) is 3.21. The summed E-state index contributed by atoms with van der Waals surface area (Å²) in [4.78, 5) is 24.0. The number of nitrogens with one attached hydrogen (secondary N) is 1. The lowest BCUT2D eigenvalue weighted by Gasteiger charge is -2.16. The number of phenolic OH excluding ortho intramolecular Hbond substituents is 1. The van der Waals surface area contributed by atoms with Crippen molar-refractivity contribution in [1.82, 2.24) is 9.88 Å². The third kappa shape index (κ3) is 2.63. The summed E-state index contributed by atoms with van der Waals surface area (Å²) in [7, 11) is 0. The largest absolute Gasteiger partial charge is 0.505 e. The summed E-state index contributed by atoms with van der Waals surface area (Å²) < 4.78 is 30.1. The smallest absolute Gasteiger partial charge is 0.341 e. The van der Waals surface area contributed by atoms with Crippen LogP contribution in [-0.2, 0) is 13.1 Å². The minimum atomic E-state index is -1.49. The van der Waals surface area contributed by atoms with E-state index in [1.54, 1.807) is 12.1 Å². The molecule has 3 N–H and O–H groups in total. The Morgan fingerprint density at radius 1 is 1.21 bits per heavy atom. The van der Waals surface area contributed by atoms with Gasteiger partial charge in [-0.25, -0.2) is 13.6 Å². The molecule has 148 valence electrons. The van der Waals surface area contributed by atoms with Gasteiger partial charge in [-0.3, -0.25) is 4.79 Å². The van der Waals surface area contributed by atoms with E-state index in [2.05, 4.69) is 5.32 Å². The van der Waals surface area contributed by atoms with Gasteiger partial charge in [0.1, 0.15) is 17.6 Å². The van der Waals surface area contributed by atoms with Gasteiger partial charge in [0, 0.05) is 25.7 Å². The normalized spacial score (nSPS) is 20.1. The van der Waals surface area contributed by atoms with Gasteiger partial charge in [-0.05, 0) is 28.8 Å². The lowest BCUT2D eigenvalue weighted by molar-refractivity contribution is 0.0694. The molecule has 1 saturated carbocycles. The minimum Gasteiger partial charge on any atom is -0.505 e. The molecule has 3 aromatic rings. The number of phenols is 1. The van der Waals surface area contributed by atoms with E-state index < -0.39 is 40.7 Å². The molecule has 1 aliphatic carbocycles. The highest BCUT2D eigenvalue weighted by Gasteiger charge is 2.41.